The Bertz CT molecular complexity index is 392. The Morgan fingerprint density at radius 1 is 1.35 bits per heavy atom. The number of anilines is 1. The van der Waals surface area contributed by atoms with Gasteiger partial charge in [-0.1, -0.05) is 0 Å². The van der Waals surface area contributed by atoms with E-state index in [-0.39, 0.29) is 5.82 Å². The number of pyridine rings is 1. The number of nitrogens with one attached hydrogen (secondary N) is 1. The number of nitrogens with zero attached hydrogens (tertiary/aromatic N) is 2. The van der Waals surface area contributed by atoms with Crippen LogP contribution in [0.3, 0.4) is 0 Å². The van der Waals surface area contributed by atoms with Crippen molar-refractivity contribution in [2.24, 2.45) is 5.92 Å². The Labute approximate surface area is 101 Å². The summed E-state index contributed by atoms with van der Waals surface area (Å²) >= 11 is 0. The van der Waals surface area contributed by atoms with Gasteiger partial charge in [0.05, 0.1) is 18.1 Å². The highest BCUT2D eigenvalue weighted by Gasteiger charge is 2.33. The molecule has 0 spiro atoms. The maximum atomic E-state index is 13.2. The van der Waals surface area contributed by atoms with Gasteiger partial charge in [0, 0.05) is 25.2 Å². The van der Waals surface area contributed by atoms with E-state index in [0.717, 1.165) is 37.7 Å². The first-order chi connectivity index (χ1) is 8.33. The SMILES string of the molecule is Fc1cncc(N2CCCNC(C3CC3)C2)c1. The minimum absolute atomic E-state index is 0.248. The highest BCUT2D eigenvalue weighted by Crippen LogP contribution is 2.34. The van der Waals surface area contributed by atoms with Gasteiger partial charge in [-0.15, -0.1) is 0 Å². The van der Waals surface area contributed by atoms with Crippen molar-refractivity contribution in [3.8, 4) is 0 Å². The molecule has 1 aromatic heterocycles. The van der Waals surface area contributed by atoms with Crippen LogP contribution in [0.25, 0.3) is 0 Å². The predicted molar refractivity (Wildman–Crippen MR) is 65.5 cm³/mol. The number of halogens is 1. The van der Waals surface area contributed by atoms with Crippen LogP contribution in [0.15, 0.2) is 18.5 Å². The third kappa shape index (κ3) is 2.57. The lowest BCUT2D eigenvalue weighted by Crippen LogP contribution is -2.39. The molecule has 1 unspecified atom stereocenters. The average molecular weight is 235 g/mol. The summed E-state index contributed by atoms with van der Waals surface area (Å²) in [6.07, 6.45) is 6.82. The molecule has 2 fully saturated rings. The first-order valence-corrected chi connectivity index (χ1v) is 6.42. The van der Waals surface area contributed by atoms with E-state index in [1.54, 1.807) is 12.3 Å². The van der Waals surface area contributed by atoms with E-state index in [1.165, 1.54) is 19.0 Å². The van der Waals surface area contributed by atoms with Crippen molar-refractivity contribution < 1.29 is 4.39 Å². The molecule has 0 amide bonds. The lowest BCUT2D eigenvalue weighted by molar-refractivity contribution is 0.489. The molecule has 1 saturated heterocycles. The van der Waals surface area contributed by atoms with Crippen molar-refractivity contribution in [1.29, 1.82) is 0 Å². The van der Waals surface area contributed by atoms with Crippen LogP contribution in [-0.2, 0) is 0 Å². The maximum Gasteiger partial charge on any atom is 0.143 e. The van der Waals surface area contributed by atoms with Crippen LogP contribution in [0.4, 0.5) is 10.1 Å². The molecular weight excluding hydrogens is 217 g/mol. The summed E-state index contributed by atoms with van der Waals surface area (Å²) < 4.78 is 13.2. The lowest BCUT2D eigenvalue weighted by atomic mass is 10.1. The van der Waals surface area contributed by atoms with Gasteiger partial charge in [0.1, 0.15) is 5.82 Å². The molecule has 1 atom stereocenters. The molecular formula is C13H18FN3. The molecule has 2 heterocycles. The first kappa shape index (κ1) is 11.0. The van der Waals surface area contributed by atoms with Crippen molar-refractivity contribution in [3.63, 3.8) is 0 Å². The Balaban J connectivity index is 1.76. The fourth-order valence-electron chi connectivity index (χ4n) is 2.57. The number of rotatable bonds is 2. The van der Waals surface area contributed by atoms with Crippen LogP contribution in [0, 0.1) is 11.7 Å². The monoisotopic (exact) mass is 235 g/mol. The van der Waals surface area contributed by atoms with Gasteiger partial charge < -0.3 is 10.2 Å². The van der Waals surface area contributed by atoms with Crippen LogP contribution in [0.2, 0.25) is 0 Å². The van der Waals surface area contributed by atoms with Gasteiger partial charge in [-0.05, 0) is 31.7 Å². The third-order valence-electron chi connectivity index (χ3n) is 3.68. The van der Waals surface area contributed by atoms with Gasteiger partial charge in [-0.2, -0.15) is 0 Å². The van der Waals surface area contributed by atoms with Crippen molar-refractivity contribution >= 4 is 5.69 Å². The topological polar surface area (TPSA) is 28.2 Å². The summed E-state index contributed by atoms with van der Waals surface area (Å²) in [5.41, 5.74) is 0.916. The quantitative estimate of drug-likeness (QED) is 0.847. The summed E-state index contributed by atoms with van der Waals surface area (Å²) in [5, 5.41) is 3.60. The van der Waals surface area contributed by atoms with Gasteiger partial charge in [0.2, 0.25) is 0 Å². The number of aromatic nitrogens is 1. The fraction of sp³-hybridized carbons (Fsp3) is 0.615. The molecule has 3 rings (SSSR count). The van der Waals surface area contributed by atoms with E-state index in [2.05, 4.69) is 15.2 Å². The summed E-state index contributed by atoms with van der Waals surface area (Å²) in [5.74, 6) is 0.583. The Morgan fingerprint density at radius 3 is 3.00 bits per heavy atom. The molecule has 3 nitrogen and oxygen atoms in total. The van der Waals surface area contributed by atoms with Crippen molar-refractivity contribution in [2.75, 3.05) is 24.5 Å². The van der Waals surface area contributed by atoms with Crippen molar-refractivity contribution in [3.05, 3.63) is 24.3 Å². The third-order valence-corrected chi connectivity index (χ3v) is 3.68. The molecule has 1 aliphatic carbocycles. The maximum absolute atomic E-state index is 13.2. The largest absolute Gasteiger partial charge is 0.369 e. The Kier molecular flexibility index (Phi) is 2.97. The first-order valence-electron chi connectivity index (χ1n) is 6.42. The lowest BCUT2D eigenvalue weighted by Gasteiger charge is -2.26. The molecule has 1 N–H and O–H groups in total. The molecule has 0 aromatic carbocycles. The molecule has 92 valence electrons. The molecule has 4 heteroatoms. The van der Waals surface area contributed by atoms with Gasteiger partial charge >= 0.3 is 0 Å². The van der Waals surface area contributed by atoms with Crippen LogP contribution < -0.4 is 10.2 Å². The van der Waals surface area contributed by atoms with Crippen LogP contribution in [-0.4, -0.2) is 30.7 Å². The van der Waals surface area contributed by atoms with Crippen LogP contribution in [0.5, 0.6) is 0 Å². The van der Waals surface area contributed by atoms with E-state index < -0.39 is 0 Å². The second-order valence-electron chi connectivity index (χ2n) is 5.06. The van der Waals surface area contributed by atoms with Gasteiger partial charge in [-0.3, -0.25) is 4.98 Å². The van der Waals surface area contributed by atoms with Gasteiger partial charge in [-0.25, -0.2) is 4.39 Å². The van der Waals surface area contributed by atoms with E-state index in [9.17, 15) is 4.39 Å². The second kappa shape index (κ2) is 4.61. The molecule has 0 radical (unpaired) electrons. The molecule has 1 aromatic rings. The molecule has 2 aliphatic rings. The molecule has 0 bridgehead atoms. The standard InChI is InChI=1S/C13H18FN3/c14-11-6-12(8-15-7-11)17-5-1-4-16-13(9-17)10-2-3-10/h6-8,10,13,16H,1-5,9H2. The normalized spacial score (nSPS) is 25.7. The number of hydrogen-bond acceptors (Lipinski definition) is 3. The minimum atomic E-state index is -0.248. The molecule has 1 aliphatic heterocycles. The van der Waals surface area contributed by atoms with Crippen LogP contribution >= 0.6 is 0 Å². The second-order valence-corrected chi connectivity index (χ2v) is 5.06. The zero-order valence-corrected chi connectivity index (χ0v) is 9.90. The smallest absolute Gasteiger partial charge is 0.143 e. The van der Waals surface area contributed by atoms with Crippen molar-refractivity contribution in [1.82, 2.24) is 10.3 Å². The highest BCUT2D eigenvalue weighted by molar-refractivity contribution is 5.44. The van der Waals surface area contributed by atoms with E-state index in [1.807, 2.05) is 0 Å². The van der Waals surface area contributed by atoms with Crippen LogP contribution in [0.1, 0.15) is 19.3 Å². The van der Waals surface area contributed by atoms with E-state index in [4.69, 9.17) is 0 Å². The highest BCUT2D eigenvalue weighted by atomic mass is 19.1. The predicted octanol–water partition coefficient (Wildman–Crippen LogP) is 1.80. The average Bonchev–Trinajstić information content (AvgIpc) is 3.15. The van der Waals surface area contributed by atoms with E-state index >= 15 is 0 Å². The minimum Gasteiger partial charge on any atom is -0.369 e. The molecule has 1 saturated carbocycles. The van der Waals surface area contributed by atoms with Crippen molar-refractivity contribution in [2.45, 2.75) is 25.3 Å². The summed E-state index contributed by atoms with van der Waals surface area (Å²) in [4.78, 5) is 6.20. The summed E-state index contributed by atoms with van der Waals surface area (Å²) in [7, 11) is 0. The zero-order valence-electron chi connectivity index (χ0n) is 9.90. The summed E-state index contributed by atoms with van der Waals surface area (Å²) in [6, 6.07) is 2.16. The Morgan fingerprint density at radius 2 is 2.24 bits per heavy atom. The zero-order chi connectivity index (χ0) is 11.7. The molecule has 17 heavy (non-hydrogen) atoms. The van der Waals surface area contributed by atoms with E-state index in [0.29, 0.717) is 6.04 Å². The summed E-state index contributed by atoms with van der Waals surface area (Å²) in [6.45, 7) is 3.04. The number of hydrogen-bond donors (Lipinski definition) is 1. The Hall–Kier alpha value is -1.16. The fourth-order valence-corrected chi connectivity index (χ4v) is 2.57. The van der Waals surface area contributed by atoms with Gasteiger partial charge in [0.15, 0.2) is 0 Å². The van der Waals surface area contributed by atoms with Gasteiger partial charge in [0.25, 0.3) is 0 Å².